The van der Waals surface area contributed by atoms with Gasteiger partial charge in [-0.2, -0.15) is 0 Å². The molecular formula is C56H70N2O7S. The smallest absolute Gasteiger partial charge is 0.239 e. The molecule has 6 atom stereocenters. The first-order chi connectivity index (χ1) is 32.5. The van der Waals surface area contributed by atoms with Crippen molar-refractivity contribution >= 4 is 34.2 Å². The molecule has 0 bridgehead atoms. The molecule has 0 spiro atoms. The molecule has 0 saturated heterocycles. The first kappa shape index (κ1) is 47.9. The molecule has 3 aliphatic carbocycles. The average molecular weight is 915 g/mol. The van der Waals surface area contributed by atoms with Gasteiger partial charge < -0.3 is 34.2 Å². The number of rotatable bonds is 24. The van der Waals surface area contributed by atoms with Crippen molar-refractivity contribution in [3.63, 3.8) is 0 Å². The third-order valence-corrected chi connectivity index (χ3v) is 15.4. The largest absolute Gasteiger partial charge is 0.493 e. The molecule has 0 radical (unpaired) electrons. The molecule has 9 nitrogen and oxygen atoms in total. The zero-order chi connectivity index (χ0) is 45.7. The lowest BCUT2D eigenvalue weighted by atomic mass is 9.55. The fourth-order valence-electron chi connectivity index (χ4n) is 11.5. The number of aliphatic hydroxyl groups excluding tert-OH is 2. The fourth-order valence-corrected chi connectivity index (χ4v) is 12.2. The van der Waals surface area contributed by atoms with Crippen LogP contribution >= 0.6 is 11.8 Å². The van der Waals surface area contributed by atoms with Crippen molar-refractivity contribution < 1.29 is 34.1 Å². The number of hydrogen-bond donors (Lipinski definition) is 2. The Morgan fingerprint density at radius 1 is 0.939 bits per heavy atom. The third-order valence-electron chi connectivity index (χ3n) is 14.5. The topological polar surface area (TPSA) is 110 Å². The van der Waals surface area contributed by atoms with Crippen LogP contribution in [0.25, 0.3) is 10.8 Å². The molecule has 10 heteroatoms. The summed E-state index contributed by atoms with van der Waals surface area (Å²) < 4.78 is 21.4. The average Bonchev–Trinajstić information content (AvgIpc) is 3.88. The first-order valence-corrected chi connectivity index (χ1v) is 25.7. The SMILES string of the molecule is C=CCOC12Oc3ccc(OCCSc4ccccc4)cc3C3C(CCCCO)C(CCCCO)C=C(C(=NOCC)CC1N(Cc1cccc4ccccc14)C(=O)CCC1CCCC1)C32. The number of benzene rings is 4. The van der Waals surface area contributed by atoms with Gasteiger partial charge in [0.1, 0.15) is 24.1 Å². The minimum absolute atomic E-state index is 0.0878. The number of carbonyl (C=O) groups excluding carboxylic acids is 1. The van der Waals surface area contributed by atoms with Gasteiger partial charge in [0.2, 0.25) is 11.7 Å². The molecule has 2 N–H and O–H groups in total. The van der Waals surface area contributed by atoms with Crippen molar-refractivity contribution in [2.75, 3.05) is 38.8 Å². The van der Waals surface area contributed by atoms with Gasteiger partial charge in [-0.05, 0) is 109 Å². The van der Waals surface area contributed by atoms with Gasteiger partial charge >= 0.3 is 0 Å². The van der Waals surface area contributed by atoms with Crippen LogP contribution in [0.2, 0.25) is 0 Å². The van der Waals surface area contributed by atoms with E-state index in [1.807, 2.05) is 25.1 Å². The molecule has 1 aliphatic heterocycles. The van der Waals surface area contributed by atoms with E-state index in [2.05, 4.69) is 90.4 Å². The second kappa shape index (κ2) is 23.4. The molecule has 1 heterocycles. The minimum atomic E-state index is -1.32. The van der Waals surface area contributed by atoms with Crippen LogP contribution in [-0.4, -0.2) is 77.3 Å². The number of hydrogen-bond acceptors (Lipinski definition) is 9. The molecule has 4 aromatic carbocycles. The van der Waals surface area contributed by atoms with E-state index in [9.17, 15) is 10.2 Å². The lowest BCUT2D eigenvalue weighted by Gasteiger charge is -2.60. The van der Waals surface area contributed by atoms with Crippen molar-refractivity contribution in [2.45, 2.75) is 120 Å². The Hall–Kier alpha value is -4.61. The van der Waals surface area contributed by atoms with Gasteiger partial charge in [-0.1, -0.05) is 116 Å². The normalized spacial score (nSPS) is 24.0. The number of allylic oxidation sites excluding steroid dienone is 1. The lowest BCUT2D eigenvalue weighted by molar-refractivity contribution is -0.258. The maximum Gasteiger partial charge on any atom is 0.239 e. The summed E-state index contributed by atoms with van der Waals surface area (Å²) in [5.74, 6) is 1.39. The highest BCUT2D eigenvalue weighted by Gasteiger charge is 2.65. The number of nitrogens with zero attached hydrogens (tertiary/aromatic N) is 2. The zero-order valence-electron chi connectivity index (χ0n) is 38.9. The van der Waals surface area contributed by atoms with Gasteiger partial charge in [0, 0.05) is 54.7 Å². The van der Waals surface area contributed by atoms with Crippen LogP contribution < -0.4 is 9.47 Å². The van der Waals surface area contributed by atoms with E-state index in [-0.39, 0.29) is 49.4 Å². The van der Waals surface area contributed by atoms with Crippen molar-refractivity contribution in [2.24, 2.45) is 28.8 Å². The van der Waals surface area contributed by atoms with Gasteiger partial charge in [-0.3, -0.25) is 4.79 Å². The molecule has 2 fully saturated rings. The molecular weight excluding hydrogens is 845 g/mol. The molecule has 8 rings (SSSR count). The molecule has 66 heavy (non-hydrogen) atoms. The number of fused-ring (bicyclic) bond motifs is 3. The number of ether oxygens (including phenoxy) is 3. The quantitative estimate of drug-likeness (QED) is 0.0310. The Labute approximate surface area is 396 Å². The summed E-state index contributed by atoms with van der Waals surface area (Å²) in [6.07, 6.45) is 15.6. The van der Waals surface area contributed by atoms with Crippen molar-refractivity contribution in [3.05, 3.63) is 126 Å². The maximum absolute atomic E-state index is 15.4. The number of thioether (sulfide) groups is 1. The van der Waals surface area contributed by atoms with Crippen LogP contribution in [0, 0.1) is 23.7 Å². The highest BCUT2D eigenvalue weighted by molar-refractivity contribution is 7.99. The maximum atomic E-state index is 15.4. The van der Waals surface area contributed by atoms with Gasteiger partial charge in [-0.15, -0.1) is 18.3 Å². The number of aliphatic hydroxyl groups is 2. The second-order valence-corrected chi connectivity index (χ2v) is 19.7. The molecule has 4 aliphatic rings. The summed E-state index contributed by atoms with van der Waals surface area (Å²) in [5.41, 5.74) is 3.99. The highest BCUT2D eigenvalue weighted by Crippen LogP contribution is 2.62. The monoisotopic (exact) mass is 914 g/mol. The van der Waals surface area contributed by atoms with E-state index >= 15 is 4.79 Å². The summed E-state index contributed by atoms with van der Waals surface area (Å²) in [4.78, 5) is 24.7. The number of unbranched alkanes of at least 4 members (excludes halogenated alkanes) is 2. The minimum Gasteiger partial charge on any atom is -0.493 e. The van der Waals surface area contributed by atoms with Crippen molar-refractivity contribution in [1.29, 1.82) is 0 Å². The molecule has 2 saturated carbocycles. The molecule has 6 unspecified atom stereocenters. The molecule has 0 aromatic heterocycles. The lowest BCUT2D eigenvalue weighted by Crippen LogP contribution is -2.70. The van der Waals surface area contributed by atoms with E-state index in [0.717, 1.165) is 89.0 Å². The van der Waals surface area contributed by atoms with Crippen molar-refractivity contribution in [1.82, 2.24) is 4.90 Å². The zero-order valence-corrected chi connectivity index (χ0v) is 39.7. The molecule has 1 amide bonds. The third kappa shape index (κ3) is 10.9. The van der Waals surface area contributed by atoms with Gasteiger partial charge in [0.25, 0.3) is 0 Å². The number of oxime groups is 1. The van der Waals surface area contributed by atoms with Gasteiger partial charge in [0.05, 0.1) is 24.8 Å². The predicted molar refractivity (Wildman–Crippen MR) is 265 cm³/mol. The van der Waals surface area contributed by atoms with E-state index < -0.39 is 11.8 Å². The second-order valence-electron chi connectivity index (χ2n) is 18.5. The van der Waals surface area contributed by atoms with Gasteiger partial charge in [0.15, 0.2) is 0 Å². The summed E-state index contributed by atoms with van der Waals surface area (Å²) in [7, 11) is 0. The number of carbonyl (C=O) groups is 1. The Morgan fingerprint density at radius 2 is 1.71 bits per heavy atom. The highest BCUT2D eigenvalue weighted by atomic mass is 32.2. The molecule has 4 aromatic rings. The van der Waals surface area contributed by atoms with Crippen LogP contribution in [0.4, 0.5) is 0 Å². The Bertz CT molecular complexity index is 2270. The van der Waals surface area contributed by atoms with Crippen LogP contribution in [0.15, 0.2) is 125 Å². The van der Waals surface area contributed by atoms with E-state index in [1.165, 1.54) is 30.6 Å². The summed E-state index contributed by atoms with van der Waals surface area (Å²) in [6, 6.07) is 30.8. The van der Waals surface area contributed by atoms with E-state index in [1.54, 1.807) is 17.8 Å². The predicted octanol–water partition coefficient (Wildman–Crippen LogP) is 11.7. The Balaban J connectivity index is 1.28. The Morgan fingerprint density at radius 3 is 2.50 bits per heavy atom. The van der Waals surface area contributed by atoms with Crippen molar-refractivity contribution in [3.8, 4) is 11.5 Å². The van der Waals surface area contributed by atoms with Crippen LogP contribution in [-0.2, 0) is 20.9 Å². The van der Waals surface area contributed by atoms with Gasteiger partial charge in [-0.25, -0.2) is 0 Å². The van der Waals surface area contributed by atoms with E-state index in [0.29, 0.717) is 44.9 Å². The van der Waals surface area contributed by atoms with Crippen LogP contribution in [0.1, 0.15) is 107 Å². The standard InChI is InChI=1S/C56H70N2O7S/c1-3-33-63-56-52(58(53(61)30-27-40-17-8-9-18-40)39-43-22-16-21-41-19-10-11-25-46(41)43)38-50(57-64-4-2)48-36-42(20-12-14-31-59)47(26-13-15-32-60)54(55(48)56)49-37-44(28-29-51(49)65-56)62-34-35-66-45-23-6-5-7-24-45/h3,5-7,10-11,16,19,21-25,28-29,36-37,40,42,47,52,54-55,59-60H,1,4,8-9,12-15,17-18,20,26-27,30-35,38-39H2,2H3. The summed E-state index contributed by atoms with van der Waals surface area (Å²) in [6.45, 7) is 7.89. The molecule has 352 valence electrons. The fraction of sp³-hybridized carbons (Fsp3) is 0.500. The summed E-state index contributed by atoms with van der Waals surface area (Å²) >= 11 is 1.77. The van der Waals surface area contributed by atoms with E-state index in [4.69, 9.17) is 24.2 Å². The van der Waals surface area contributed by atoms with Crippen LogP contribution in [0.5, 0.6) is 11.5 Å². The van der Waals surface area contributed by atoms with Crippen LogP contribution in [0.3, 0.4) is 0 Å². The number of amides is 1. The summed E-state index contributed by atoms with van der Waals surface area (Å²) in [5, 5.41) is 27.2. The first-order valence-electron chi connectivity index (χ1n) is 24.7. The Kier molecular flexibility index (Phi) is 17.0.